The van der Waals surface area contributed by atoms with Crippen LogP contribution in [0.2, 0.25) is 0 Å². The molecule has 0 radical (unpaired) electrons. The average Bonchev–Trinajstić information content (AvgIpc) is 2.27. The van der Waals surface area contributed by atoms with Gasteiger partial charge in [-0.15, -0.1) is 0 Å². The van der Waals surface area contributed by atoms with Crippen LogP contribution < -0.4 is 11.5 Å². The molecule has 0 aromatic heterocycles. The number of hydrogen-bond donors (Lipinski definition) is 4. The molecule has 2 unspecified atom stereocenters. The maximum absolute atomic E-state index is 9.62. The first-order valence-corrected chi connectivity index (χ1v) is 4.46. The third-order valence-corrected chi connectivity index (χ3v) is 2.15. The molecule has 2 atom stereocenters. The zero-order valence-corrected chi connectivity index (χ0v) is 8.09. The third-order valence-electron chi connectivity index (χ3n) is 2.15. The summed E-state index contributed by atoms with van der Waals surface area (Å²) in [5.74, 6) is 0. The number of nitrogens with two attached hydrogens (primary N) is 2. The smallest absolute Gasteiger partial charge is 0.106 e. The Morgan fingerprint density at radius 3 is 2.60 bits per heavy atom. The largest absolute Gasteiger partial charge is 0.398 e. The SMILES string of the molecule is N#Cc1cc(C(O)C(O)CN)ccc1N. The third kappa shape index (κ3) is 2.44. The van der Waals surface area contributed by atoms with E-state index < -0.39 is 12.2 Å². The lowest BCUT2D eigenvalue weighted by molar-refractivity contribution is 0.0243. The van der Waals surface area contributed by atoms with Crippen molar-refractivity contribution in [1.29, 1.82) is 5.26 Å². The molecule has 0 aliphatic rings. The summed E-state index contributed by atoms with van der Waals surface area (Å²) in [5, 5.41) is 27.7. The van der Waals surface area contributed by atoms with Crippen LogP contribution in [-0.4, -0.2) is 22.9 Å². The summed E-state index contributed by atoms with van der Waals surface area (Å²) in [6.45, 7) is -0.0482. The Bertz CT molecular complexity index is 387. The predicted molar refractivity (Wildman–Crippen MR) is 55.6 cm³/mol. The zero-order chi connectivity index (χ0) is 11.4. The number of nitrogens with zero attached hydrogens (tertiary/aromatic N) is 1. The molecular formula is C10H13N3O2. The van der Waals surface area contributed by atoms with E-state index in [0.29, 0.717) is 11.3 Å². The van der Waals surface area contributed by atoms with E-state index in [0.717, 1.165) is 0 Å². The highest BCUT2D eigenvalue weighted by molar-refractivity contribution is 5.55. The molecule has 80 valence electrons. The summed E-state index contributed by atoms with van der Waals surface area (Å²) >= 11 is 0. The molecule has 6 N–H and O–H groups in total. The van der Waals surface area contributed by atoms with Gasteiger partial charge in [0.2, 0.25) is 0 Å². The molecule has 0 saturated carbocycles. The summed E-state index contributed by atoms with van der Waals surface area (Å²) in [6, 6.07) is 6.41. The molecule has 5 heteroatoms. The maximum atomic E-state index is 9.62. The van der Waals surface area contributed by atoms with E-state index in [9.17, 15) is 10.2 Å². The Hall–Kier alpha value is -1.61. The Balaban J connectivity index is 3.02. The first-order valence-electron chi connectivity index (χ1n) is 4.46. The summed E-state index contributed by atoms with van der Waals surface area (Å²) < 4.78 is 0. The molecular weight excluding hydrogens is 194 g/mol. The number of hydrogen-bond acceptors (Lipinski definition) is 5. The lowest BCUT2D eigenvalue weighted by atomic mass is 10.0. The van der Waals surface area contributed by atoms with Gasteiger partial charge in [-0.05, 0) is 17.7 Å². The fourth-order valence-corrected chi connectivity index (χ4v) is 1.21. The molecule has 5 nitrogen and oxygen atoms in total. The second-order valence-electron chi connectivity index (χ2n) is 3.21. The van der Waals surface area contributed by atoms with Crippen molar-refractivity contribution in [2.75, 3.05) is 12.3 Å². The second kappa shape index (κ2) is 4.75. The number of anilines is 1. The normalized spacial score (nSPS) is 14.3. The van der Waals surface area contributed by atoms with Gasteiger partial charge in [-0.3, -0.25) is 0 Å². The van der Waals surface area contributed by atoms with Gasteiger partial charge in [0.25, 0.3) is 0 Å². The van der Waals surface area contributed by atoms with Crippen molar-refractivity contribution in [3.63, 3.8) is 0 Å². The molecule has 15 heavy (non-hydrogen) atoms. The molecule has 0 spiro atoms. The molecule has 0 aliphatic carbocycles. The summed E-state index contributed by atoms with van der Waals surface area (Å²) in [5.41, 5.74) is 11.8. The number of aliphatic hydroxyl groups is 2. The highest BCUT2D eigenvalue weighted by Crippen LogP contribution is 2.20. The summed E-state index contributed by atoms with van der Waals surface area (Å²) in [7, 11) is 0. The maximum Gasteiger partial charge on any atom is 0.106 e. The fourth-order valence-electron chi connectivity index (χ4n) is 1.21. The number of nitrogen functional groups attached to an aromatic ring is 1. The van der Waals surface area contributed by atoms with Gasteiger partial charge in [-0.1, -0.05) is 6.07 Å². The summed E-state index contributed by atoms with van der Waals surface area (Å²) in [6.07, 6.45) is -2.14. The summed E-state index contributed by atoms with van der Waals surface area (Å²) in [4.78, 5) is 0. The van der Waals surface area contributed by atoms with Gasteiger partial charge >= 0.3 is 0 Å². The van der Waals surface area contributed by atoms with Crippen molar-refractivity contribution in [2.45, 2.75) is 12.2 Å². The monoisotopic (exact) mass is 207 g/mol. The minimum atomic E-state index is -1.09. The molecule has 0 fully saturated rings. The van der Waals surface area contributed by atoms with Crippen molar-refractivity contribution < 1.29 is 10.2 Å². The lowest BCUT2D eigenvalue weighted by Gasteiger charge is -2.16. The predicted octanol–water partition coefficient (Wildman–Crippen LogP) is -0.507. The van der Waals surface area contributed by atoms with Crippen molar-refractivity contribution in [1.82, 2.24) is 0 Å². The number of aliphatic hydroxyl groups excluding tert-OH is 2. The number of nitriles is 1. The minimum absolute atomic E-state index is 0.0482. The first-order chi connectivity index (χ1) is 7.10. The Morgan fingerprint density at radius 2 is 2.07 bits per heavy atom. The molecule has 1 rings (SSSR count). The van der Waals surface area contributed by atoms with E-state index in [1.807, 2.05) is 6.07 Å². The van der Waals surface area contributed by atoms with Gasteiger partial charge in [0, 0.05) is 12.2 Å². The number of rotatable bonds is 3. The van der Waals surface area contributed by atoms with Crippen molar-refractivity contribution in [3.05, 3.63) is 29.3 Å². The van der Waals surface area contributed by atoms with E-state index in [1.165, 1.54) is 12.1 Å². The van der Waals surface area contributed by atoms with Gasteiger partial charge in [-0.25, -0.2) is 0 Å². The van der Waals surface area contributed by atoms with Gasteiger partial charge < -0.3 is 21.7 Å². The second-order valence-corrected chi connectivity index (χ2v) is 3.21. The molecule has 0 bridgehead atoms. The van der Waals surface area contributed by atoms with Gasteiger partial charge in [0.1, 0.15) is 12.2 Å². The van der Waals surface area contributed by atoms with Crippen LogP contribution in [0.25, 0.3) is 0 Å². The highest BCUT2D eigenvalue weighted by atomic mass is 16.3. The van der Waals surface area contributed by atoms with Crippen molar-refractivity contribution >= 4 is 5.69 Å². The molecule has 0 saturated heterocycles. The van der Waals surface area contributed by atoms with E-state index >= 15 is 0 Å². The van der Waals surface area contributed by atoms with Crippen LogP contribution in [0.3, 0.4) is 0 Å². The van der Waals surface area contributed by atoms with Crippen LogP contribution in [0, 0.1) is 11.3 Å². The topological polar surface area (TPSA) is 116 Å². The Labute approximate surface area is 87.6 Å². The average molecular weight is 207 g/mol. The van der Waals surface area contributed by atoms with Gasteiger partial charge in [0.05, 0.1) is 11.7 Å². The molecule has 0 amide bonds. The van der Waals surface area contributed by atoms with E-state index in [-0.39, 0.29) is 12.1 Å². The Morgan fingerprint density at radius 1 is 1.40 bits per heavy atom. The van der Waals surface area contributed by atoms with Crippen LogP contribution in [0.5, 0.6) is 0 Å². The lowest BCUT2D eigenvalue weighted by Crippen LogP contribution is -2.27. The van der Waals surface area contributed by atoms with Crippen LogP contribution in [-0.2, 0) is 0 Å². The fraction of sp³-hybridized carbons (Fsp3) is 0.300. The minimum Gasteiger partial charge on any atom is -0.398 e. The van der Waals surface area contributed by atoms with Gasteiger partial charge in [0.15, 0.2) is 0 Å². The van der Waals surface area contributed by atoms with E-state index in [2.05, 4.69) is 0 Å². The standard InChI is InChI=1S/C10H13N3O2/c11-4-7-3-6(1-2-8(7)13)10(15)9(14)5-12/h1-3,9-10,14-15H,5,12-13H2. The van der Waals surface area contributed by atoms with Crippen LogP contribution in [0.1, 0.15) is 17.2 Å². The van der Waals surface area contributed by atoms with Crippen LogP contribution >= 0.6 is 0 Å². The van der Waals surface area contributed by atoms with Crippen LogP contribution in [0.15, 0.2) is 18.2 Å². The Kier molecular flexibility index (Phi) is 3.63. The van der Waals surface area contributed by atoms with E-state index in [1.54, 1.807) is 6.07 Å². The first kappa shape index (κ1) is 11.5. The van der Waals surface area contributed by atoms with E-state index in [4.69, 9.17) is 16.7 Å². The number of benzene rings is 1. The van der Waals surface area contributed by atoms with Crippen LogP contribution in [0.4, 0.5) is 5.69 Å². The van der Waals surface area contributed by atoms with Crippen molar-refractivity contribution in [3.8, 4) is 6.07 Å². The van der Waals surface area contributed by atoms with Crippen molar-refractivity contribution in [2.24, 2.45) is 5.73 Å². The quantitative estimate of drug-likeness (QED) is 0.498. The van der Waals surface area contributed by atoms with Gasteiger partial charge in [-0.2, -0.15) is 5.26 Å². The zero-order valence-electron chi connectivity index (χ0n) is 8.09. The molecule has 1 aromatic rings. The molecule has 1 aromatic carbocycles. The molecule has 0 heterocycles. The molecule has 0 aliphatic heterocycles. The highest BCUT2D eigenvalue weighted by Gasteiger charge is 2.17.